The highest BCUT2D eigenvalue weighted by Gasteiger charge is 2.39. The first-order valence-electron chi connectivity index (χ1n) is 7.22. The lowest BCUT2D eigenvalue weighted by Gasteiger charge is -2.40. The van der Waals surface area contributed by atoms with Gasteiger partial charge >= 0.3 is 0 Å². The molecule has 2 N–H and O–H groups in total. The first kappa shape index (κ1) is 13.2. The van der Waals surface area contributed by atoms with Crippen molar-refractivity contribution in [3.8, 4) is 0 Å². The zero-order chi connectivity index (χ0) is 14.2. The molecule has 0 saturated heterocycles. The van der Waals surface area contributed by atoms with E-state index in [0.717, 1.165) is 12.8 Å². The van der Waals surface area contributed by atoms with E-state index in [-0.39, 0.29) is 5.54 Å². The van der Waals surface area contributed by atoms with Gasteiger partial charge in [-0.15, -0.1) is 0 Å². The molecule has 3 rings (SSSR count). The van der Waals surface area contributed by atoms with E-state index in [1.54, 1.807) is 0 Å². The molecule has 0 aliphatic heterocycles. The summed E-state index contributed by atoms with van der Waals surface area (Å²) in [6, 6.07) is 17.4. The molecule has 0 heterocycles. The number of likely N-dealkylation sites (N-methyl/N-ethyl adjacent to an activating group) is 1. The quantitative estimate of drug-likeness (QED) is 0.925. The maximum atomic E-state index is 6.17. The molecule has 0 radical (unpaired) electrons. The van der Waals surface area contributed by atoms with Crippen molar-refractivity contribution in [1.82, 2.24) is 0 Å². The first-order chi connectivity index (χ1) is 9.64. The Morgan fingerprint density at radius 2 is 1.55 bits per heavy atom. The van der Waals surface area contributed by atoms with Crippen molar-refractivity contribution in [2.24, 2.45) is 5.73 Å². The molecule has 2 heteroatoms. The van der Waals surface area contributed by atoms with Crippen molar-refractivity contribution in [2.45, 2.75) is 25.3 Å². The number of fused-ring (bicyclic) bond motifs is 1. The number of aryl methyl sites for hydroxylation is 1. The minimum atomic E-state index is 0.0128. The van der Waals surface area contributed by atoms with Crippen LogP contribution in [0.1, 0.15) is 16.7 Å². The highest BCUT2D eigenvalue weighted by molar-refractivity contribution is 5.53. The fourth-order valence-corrected chi connectivity index (χ4v) is 3.23. The van der Waals surface area contributed by atoms with Crippen LogP contribution in [0.4, 0.5) is 5.69 Å². The van der Waals surface area contributed by atoms with Crippen LogP contribution in [0.3, 0.4) is 0 Å². The minimum absolute atomic E-state index is 0.0128. The Kier molecular flexibility index (Phi) is 3.27. The largest absolute Gasteiger partial charge is 0.367 e. The third kappa shape index (κ3) is 2.10. The van der Waals surface area contributed by atoms with Crippen LogP contribution in [0.15, 0.2) is 48.5 Å². The van der Waals surface area contributed by atoms with Crippen LogP contribution in [-0.4, -0.2) is 19.1 Å². The van der Waals surface area contributed by atoms with E-state index in [2.05, 4.69) is 67.4 Å². The number of hydrogen-bond acceptors (Lipinski definition) is 2. The van der Waals surface area contributed by atoms with Gasteiger partial charge in [0, 0.05) is 19.3 Å². The first-order valence-corrected chi connectivity index (χ1v) is 7.22. The van der Waals surface area contributed by atoms with Gasteiger partial charge in [-0.25, -0.2) is 0 Å². The van der Waals surface area contributed by atoms with Crippen molar-refractivity contribution >= 4 is 5.69 Å². The van der Waals surface area contributed by atoms with E-state index in [9.17, 15) is 0 Å². The van der Waals surface area contributed by atoms with Crippen LogP contribution < -0.4 is 10.6 Å². The molecule has 1 aliphatic rings. The number of benzene rings is 2. The number of hydrogen-bond donors (Lipinski definition) is 1. The summed E-state index contributed by atoms with van der Waals surface area (Å²) >= 11 is 0. The van der Waals surface area contributed by atoms with Crippen molar-refractivity contribution in [1.29, 1.82) is 0 Å². The zero-order valence-corrected chi connectivity index (χ0v) is 12.3. The summed E-state index contributed by atoms with van der Waals surface area (Å²) in [6.07, 6.45) is 2.06. The summed E-state index contributed by atoms with van der Waals surface area (Å²) in [6.45, 7) is 2.79. The SMILES string of the molecule is Cc1ccc(N(C)C2(CN)Cc3ccccc3C2)cc1. The second-order valence-corrected chi connectivity index (χ2v) is 5.95. The van der Waals surface area contributed by atoms with Gasteiger partial charge in [0.05, 0.1) is 5.54 Å². The summed E-state index contributed by atoms with van der Waals surface area (Å²) in [5, 5.41) is 0. The molecular weight excluding hydrogens is 244 g/mol. The van der Waals surface area contributed by atoms with Gasteiger partial charge in [0.15, 0.2) is 0 Å². The number of anilines is 1. The highest BCUT2D eigenvalue weighted by atomic mass is 15.2. The molecule has 2 aromatic rings. The zero-order valence-electron chi connectivity index (χ0n) is 12.3. The minimum Gasteiger partial charge on any atom is -0.367 e. The van der Waals surface area contributed by atoms with Crippen LogP contribution in [0.5, 0.6) is 0 Å². The van der Waals surface area contributed by atoms with Crippen LogP contribution in [0.25, 0.3) is 0 Å². The highest BCUT2D eigenvalue weighted by Crippen LogP contribution is 2.35. The second kappa shape index (κ2) is 4.95. The molecule has 0 aromatic heterocycles. The lowest BCUT2D eigenvalue weighted by Crippen LogP contribution is -2.53. The fraction of sp³-hybridized carbons (Fsp3) is 0.333. The molecule has 0 saturated carbocycles. The third-order valence-corrected chi connectivity index (χ3v) is 4.67. The summed E-state index contributed by atoms with van der Waals surface area (Å²) in [7, 11) is 2.17. The summed E-state index contributed by atoms with van der Waals surface area (Å²) in [5.74, 6) is 0. The molecule has 2 nitrogen and oxygen atoms in total. The fourth-order valence-electron chi connectivity index (χ4n) is 3.23. The van der Waals surface area contributed by atoms with E-state index in [1.165, 1.54) is 22.4 Å². The lowest BCUT2D eigenvalue weighted by molar-refractivity contribution is 0.434. The van der Waals surface area contributed by atoms with E-state index in [1.807, 2.05) is 0 Å². The van der Waals surface area contributed by atoms with Gasteiger partial charge in [0.25, 0.3) is 0 Å². The molecule has 0 unspecified atom stereocenters. The predicted molar refractivity (Wildman–Crippen MR) is 85.2 cm³/mol. The maximum Gasteiger partial charge on any atom is 0.0601 e. The Morgan fingerprint density at radius 1 is 1.00 bits per heavy atom. The smallest absolute Gasteiger partial charge is 0.0601 e. The average Bonchev–Trinajstić information content (AvgIpc) is 2.87. The van der Waals surface area contributed by atoms with Crippen LogP contribution >= 0.6 is 0 Å². The van der Waals surface area contributed by atoms with Gasteiger partial charge in [-0.1, -0.05) is 42.0 Å². The van der Waals surface area contributed by atoms with Crippen molar-refractivity contribution < 1.29 is 0 Å². The summed E-state index contributed by atoms with van der Waals surface area (Å²) in [4.78, 5) is 2.37. The Bertz CT molecular complexity index is 576. The Labute approximate surface area is 121 Å². The van der Waals surface area contributed by atoms with E-state index < -0.39 is 0 Å². The number of rotatable bonds is 3. The van der Waals surface area contributed by atoms with Gasteiger partial charge < -0.3 is 10.6 Å². The molecule has 0 amide bonds. The molecule has 0 spiro atoms. The Balaban J connectivity index is 1.93. The van der Waals surface area contributed by atoms with E-state index in [4.69, 9.17) is 5.73 Å². The van der Waals surface area contributed by atoms with E-state index in [0.29, 0.717) is 6.54 Å². The van der Waals surface area contributed by atoms with Gasteiger partial charge in [-0.3, -0.25) is 0 Å². The molecule has 0 bridgehead atoms. The van der Waals surface area contributed by atoms with Crippen molar-refractivity contribution in [3.63, 3.8) is 0 Å². The molecule has 0 fully saturated rings. The van der Waals surface area contributed by atoms with Crippen molar-refractivity contribution in [3.05, 3.63) is 65.2 Å². The number of nitrogens with zero attached hydrogens (tertiary/aromatic N) is 1. The average molecular weight is 266 g/mol. The van der Waals surface area contributed by atoms with Gasteiger partial charge in [-0.2, -0.15) is 0 Å². The standard InChI is InChI=1S/C18H22N2/c1-14-7-9-17(10-8-14)20(2)18(13-19)11-15-5-3-4-6-16(15)12-18/h3-10H,11-13,19H2,1-2H3. The molecule has 104 valence electrons. The Hall–Kier alpha value is -1.80. The van der Waals surface area contributed by atoms with Gasteiger partial charge in [0.1, 0.15) is 0 Å². The van der Waals surface area contributed by atoms with Gasteiger partial charge in [0.2, 0.25) is 0 Å². The summed E-state index contributed by atoms with van der Waals surface area (Å²) in [5.41, 5.74) is 11.6. The van der Waals surface area contributed by atoms with Crippen LogP contribution in [0, 0.1) is 6.92 Å². The van der Waals surface area contributed by atoms with E-state index >= 15 is 0 Å². The Morgan fingerprint density at radius 3 is 2.05 bits per heavy atom. The molecule has 1 aliphatic carbocycles. The second-order valence-electron chi connectivity index (χ2n) is 5.95. The molecule has 20 heavy (non-hydrogen) atoms. The van der Waals surface area contributed by atoms with Gasteiger partial charge in [-0.05, 0) is 43.0 Å². The molecule has 2 aromatic carbocycles. The third-order valence-electron chi connectivity index (χ3n) is 4.67. The maximum absolute atomic E-state index is 6.17. The number of nitrogens with two attached hydrogens (primary N) is 1. The lowest BCUT2D eigenvalue weighted by atomic mass is 9.93. The van der Waals surface area contributed by atoms with Crippen LogP contribution in [0.2, 0.25) is 0 Å². The molecule has 0 atom stereocenters. The van der Waals surface area contributed by atoms with Crippen LogP contribution in [-0.2, 0) is 12.8 Å². The topological polar surface area (TPSA) is 29.3 Å². The summed E-state index contributed by atoms with van der Waals surface area (Å²) < 4.78 is 0. The monoisotopic (exact) mass is 266 g/mol. The van der Waals surface area contributed by atoms with Crippen molar-refractivity contribution in [2.75, 3.05) is 18.5 Å². The predicted octanol–water partition coefficient (Wildman–Crippen LogP) is 2.93. The normalized spacial score (nSPS) is 15.9. The molecular formula is C18H22N2.